The molecule has 2 aromatic rings. The lowest BCUT2D eigenvalue weighted by atomic mass is 10.2. The first kappa shape index (κ1) is 16.7. The van der Waals surface area contributed by atoms with Crippen LogP contribution < -0.4 is 5.14 Å². The third kappa shape index (κ3) is 3.57. The average molecular weight is 342 g/mol. The highest BCUT2D eigenvalue weighted by molar-refractivity contribution is 7.89. The Hall–Kier alpha value is -1.64. The summed E-state index contributed by atoms with van der Waals surface area (Å²) in [6.07, 6.45) is 0.724. The van der Waals surface area contributed by atoms with Crippen LogP contribution >= 0.6 is 11.3 Å². The number of hydrogen-bond donors (Lipinski definition) is 1. The first-order valence-electron chi connectivity index (χ1n) is 6.63. The van der Waals surface area contributed by atoms with Gasteiger partial charge in [-0.05, 0) is 25.3 Å². The van der Waals surface area contributed by atoms with E-state index in [0.29, 0.717) is 0 Å². The zero-order valence-corrected chi connectivity index (χ0v) is 14.2. The van der Waals surface area contributed by atoms with Gasteiger partial charge in [0.25, 0.3) is 5.91 Å². The van der Waals surface area contributed by atoms with Gasteiger partial charge in [-0.2, -0.15) is 0 Å². The Morgan fingerprint density at radius 1 is 1.50 bits per heavy atom. The number of hydrogen-bond acceptors (Lipinski definition) is 5. The van der Waals surface area contributed by atoms with Gasteiger partial charge in [0.05, 0.1) is 0 Å². The number of amides is 1. The SMILES string of the molecule is Cc1oc(C(=O)N(C)[C@H](C)Cc2cccs2)cc1S(N)(=O)=O. The Kier molecular flexibility index (Phi) is 4.74. The summed E-state index contributed by atoms with van der Waals surface area (Å²) in [6.45, 7) is 3.39. The molecule has 6 nitrogen and oxygen atoms in total. The van der Waals surface area contributed by atoms with Crippen LogP contribution in [0.4, 0.5) is 0 Å². The van der Waals surface area contributed by atoms with E-state index in [1.54, 1.807) is 18.4 Å². The highest BCUT2D eigenvalue weighted by Crippen LogP contribution is 2.21. The predicted molar refractivity (Wildman–Crippen MR) is 84.4 cm³/mol. The zero-order chi connectivity index (χ0) is 16.5. The van der Waals surface area contributed by atoms with Gasteiger partial charge in [0.2, 0.25) is 10.0 Å². The lowest BCUT2D eigenvalue weighted by Gasteiger charge is -2.23. The molecule has 0 bridgehead atoms. The van der Waals surface area contributed by atoms with Crippen LogP contribution in [0.1, 0.15) is 28.1 Å². The number of thiophene rings is 1. The normalized spacial score (nSPS) is 13.1. The highest BCUT2D eigenvalue weighted by Gasteiger charge is 2.25. The summed E-state index contributed by atoms with van der Waals surface area (Å²) in [5.74, 6) is -0.283. The number of primary sulfonamides is 1. The van der Waals surface area contributed by atoms with E-state index < -0.39 is 10.0 Å². The molecular weight excluding hydrogens is 324 g/mol. The molecule has 1 amide bonds. The molecule has 0 saturated carbocycles. The minimum Gasteiger partial charge on any atom is -0.455 e. The minimum absolute atomic E-state index is 0.0259. The molecule has 0 saturated heterocycles. The van der Waals surface area contributed by atoms with Crippen molar-refractivity contribution in [2.75, 3.05) is 7.05 Å². The number of aryl methyl sites for hydroxylation is 1. The molecule has 8 heteroatoms. The molecule has 2 aromatic heterocycles. The molecule has 120 valence electrons. The summed E-state index contributed by atoms with van der Waals surface area (Å²) >= 11 is 1.63. The Balaban J connectivity index is 2.17. The molecule has 0 aliphatic heterocycles. The number of nitrogens with zero attached hydrogens (tertiary/aromatic N) is 1. The van der Waals surface area contributed by atoms with Crippen LogP contribution in [0, 0.1) is 6.92 Å². The largest absolute Gasteiger partial charge is 0.455 e. The van der Waals surface area contributed by atoms with Gasteiger partial charge in [-0.25, -0.2) is 13.6 Å². The average Bonchev–Trinajstić information content (AvgIpc) is 3.05. The topological polar surface area (TPSA) is 93.6 Å². The molecule has 2 rings (SSSR count). The maximum Gasteiger partial charge on any atom is 0.289 e. The van der Waals surface area contributed by atoms with E-state index in [1.165, 1.54) is 22.8 Å². The summed E-state index contributed by atoms with van der Waals surface area (Å²) in [4.78, 5) is 15.0. The molecule has 0 aliphatic rings. The number of rotatable bonds is 5. The van der Waals surface area contributed by atoms with Crippen molar-refractivity contribution < 1.29 is 17.6 Å². The van der Waals surface area contributed by atoms with E-state index in [1.807, 2.05) is 24.4 Å². The summed E-state index contributed by atoms with van der Waals surface area (Å²) in [6, 6.07) is 5.11. The van der Waals surface area contributed by atoms with E-state index in [4.69, 9.17) is 9.56 Å². The summed E-state index contributed by atoms with van der Waals surface area (Å²) in [7, 11) is -2.23. The van der Waals surface area contributed by atoms with Crippen molar-refractivity contribution in [3.8, 4) is 0 Å². The predicted octanol–water partition coefficient (Wildman–Crippen LogP) is 2.00. The van der Waals surface area contributed by atoms with Crippen LogP contribution in [0.15, 0.2) is 32.9 Å². The monoisotopic (exact) mass is 342 g/mol. The van der Waals surface area contributed by atoms with Crippen molar-refractivity contribution in [3.63, 3.8) is 0 Å². The minimum atomic E-state index is -3.90. The Morgan fingerprint density at radius 2 is 2.18 bits per heavy atom. The zero-order valence-electron chi connectivity index (χ0n) is 12.6. The lowest BCUT2D eigenvalue weighted by molar-refractivity contribution is 0.0710. The van der Waals surface area contributed by atoms with Gasteiger partial charge in [-0.1, -0.05) is 6.07 Å². The highest BCUT2D eigenvalue weighted by atomic mass is 32.2. The second-order valence-electron chi connectivity index (χ2n) is 5.12. The molecule has 0 fully saturated rings. The number of carbonyl (C=O) groups excluding carboxylic acids is 1. The van der Waals surface area contributed by atoms with Gasteiger partial charge in [0, 0.05) is 30.5 Å². The smallest absolute Gasteiger partial charge is 0.289 e. The fourth-order valence-corrected chi connectivity index (χ4v) is 3.62. The molecule has 0 unspecified atom stereocenters. The van der Waals surface area contributed by atoms with Crippen LogP contribution in [0.2, 0.25) is 0 Å². The first-order valence-corrected chi connectivity index (χ1v) is 9.05. The third-order valence-electron chi connectivity index (χ3n) is 3.45. The van der Waals surface area contributed by atoms with Crippen molar-refractivity contribution in [2.45, 2.75) is 31.2 Å². The maximum absolute atomic E-state index is 12.4. The van der Waals surface area contributed by atoms with E-state index in [2.05, 4.69) is 0 Å². The van der Waals surface area contributed by atoms with Gasteiger partial charge in [0.15, 0.2) is 5.76 Å². The van der Waals surface area contributed by atoms with Crippen molar-refractivity contribution >= 4 is 27.3 Å². The van der Waals surface area contributed by atoms with Crippen LogP contribution in [-0.2, 0) is 16.4 Å². The molecule has 0 radical (unpaired) electrons. The van der Waals surface area contributed by atoms with Gasteiger partial charge in [0.1, 0.15) is 10.7 Å². The van der Waals surface area contributed by atoms with Gasteiger partial charge >= 0.3 is 0 Å². The molecule has 22 heavy (non-hydrogen) atoms. The van der Waals surface area contributed by atoms with Gasteiger partial charge in [-0.3, -0.25) is 4.79 Å². The Labute approximate surface area is 133 Å². The first-order chi connectivity index (χ1) is 10.2. The van der Waals surface area contributed by atoms with E-state index in [-0.39, 0.29) is 28.4 Å². The van der Waals surface area contributed by atoms with Crippen LogP contribution in [-0.4, -0.2) is 32.3 Å². The number of likely N-dealkylation sites (N-methyl/N-ethyl adjacent to an activating group) is 1. The van der Waals surface area contributed by atoms with E-state index >= 15 is 0 Å². The molecule has 2 N–H and O–H groups in total. The van der Waals surface area contributed by atoms with Gasteiger partial charge < -0.3 is 9.32 Å². The third-order valence-corrected chi connectivity index (χ3v) is 5.36. The quantitative estimate of drug-likeness (QED) is 0.899. The molecular formula is C14H18N2O4S2. The number of carbonyl (C=O) groups is 1. The number of furan rings is 1. The van der Waals surface area contributed by atoms with Crippen LogP contribution in [0.5, 0.6) is 0 Å². The molecule has 2 heterocycles. The summed E-state index contributed by atoms with van der Waals surface area (Å²) in [5, 5.41) is 7.07. The number of sulfonamides is 1. The molecule has 0 aromatic carbocycles. The molecule has 0 aliphatic carbocycles. The number of nitrogens with two attached hydrogens (primary N) is 1. The fourth-order valence-electron chi connectivity index (χ4n) is 2.08. The Morgan fingerprint density at radius 3 is 2.68 bits per heavy atom. The second kappa shape index (κ2) is 6.23. The summed E-state index contributed by atoms with van der Waals surface area (Å²) in [5.41, 5.74) is 0. The molecule has 1 atom stereocenters. The van der Waals surface area contributed by atoms with Crippen LogP contribution in [0.25, 0.3) is 0 Å². The fraction of sp³-hybridized carbons (Fsp3) is 0.357. The van der Waals surface area contributed by atoms with Crippen molar-refractivity contribution in [1.29, 1.82) is 0 Å². The van der Waals surface area contributed by atoms with Crippen molar-refractivity contribution in [3.05, 3.63) is 40.0 Å². The summed E-state index contributed by atoms with van der Waals surface area (Å²) < 4.78 is 28.1. The lowest BCUT2D eigenvalue weighted by Crippen LogP contribution is -2.36. The van der Waals surface area contributed by atoms with Crippen molar-refractivity contribution in [2.24, 2.45) is 5.14 Å². The second-order valence-corrected chi connectivity index (χ2v) is 7.69. The van der Waals surface area contributed by atoms with E-state index in [9.17, 15) is 13.2 Å². The van der Waals surface area contributed by atoms with E-state index in [0.717, 1.165) is 6.42 Å². The molecule has 0 spiro atoms. The van der Waals surface area contributed by atoms with Crippen molar-refractivity contribution in [1.82, 2.24) is 4.90 Å². The van der Waals surface area contributed by atoms with Crippen LogP contribution in [0.3, 0.4) is 0 Å². The maximum atomic E-state index is 12.4. The Bertz CT molecular complexity index is 763. The standard InChI is InChI=1S/C14H18N2O4S2/c1-9(7-11-5-4-6-21-11)16(3)14(17)12-8-13(10(2)20-12)22(15,18)19/h4-6,8-9H,7H2,1-3H3,(H2,15,18,19)/t9-/m1/s1. The van der Waals surface area contributed by atoms with Gasteiger partial charge in [-0.15, -0.1) is 11.3 Å².